The molecule has 0 N–H and O–H groups in total. The maximum atomic E-state index is 10.6. The molecule has 0 amide bonds. The van der Waals surface area contributed by atoms with E-state index in [0.29, 0.717) is 0 Å². The lowest BCUT2D eigenvalue weighted by Crippen LogP contribution is -2.00. The molecule has 1 aromatic carbocycles. The molecular formula is C12H12N4O2. The summed E-state index contributed by atoms with van der Waals surface area (Å²) < 4.78 is 0. The van der Waals surface area contributed by atoms with Crippen LogP contribution in [0.5, 0.6) is 0 Å². The van der Waals surface area contributed by atoms with Crippen molar-refractivity contribution in [2.75, 3.05) is 0 Å². The Balaban J connectivity index is 1.94. The van der Waals surface area contributed by atoms with Crippen molar-refractivity contribution in [3.63, 3.8) is 0 Å². The van der Waals surface area contributed by atoms with Gasteiger partial charge in [0.25, 0.3) is 5.69 Å². The summed E-state index contributed by atoms with van der Waals surface area (Å²) in [5, 5.41) is 19.4. The van der Waals surface area contributed by atoms with E-state index in [1.807, 2.05) is 0 Å². The van der Waals surface area contributed by atoms with Crippen LogP contribution in [0.1, 0.15) is 24.2 Å². The summed E-state index contributed by atoms with van der Waals surface area (Å²) in [6, 6.07) is 6.28. The van der Waals surface area contributed by atoms with Crippen molar-refractivity contribution in [3.05, 3.63) is 45.8 Å². The van der Waals surface area contributed by atoms with Gasteiger partial charge in [-0.1, -0.05) is 0 Å². The van der Waals surface area contributed by atoms with Crippen LogP contribution < -0.4 is 0 Å². The van der Waals surface area contributed by atoms with Crippen molar-refractivity contribution >= 4 is 5.69 Å². The Morgan fingerprint density at radius 1 is 1.06 bits per heavy atom. The number of non-ortho nitro benzene ring substituents is 1. The maximum absolute atomic E-state index is 10.6. The molecule has 0 aliphatic heterocycles. The topological polar surface area (TPSA) is 73.8 Å². The number of aromatic nitrogens is 3. The molecule has 0 spiro atoms. The second-order valence-corrected chi connectivity index (χ2v) is 4.36. The van der Waals surface area contributed by atoms with Crippen LogP contribution in [0.4, 0.5) is 5.69 Å². The van der Waals surface area contributed by atoms with Crippen molar-refractivity contribution in [1.29, 1.82) is 0 Å². The number of nitro groups is 1. The molecule has 1 heterocycles. The van der Waals surface area contributed by atoms with Crippen LogP contribution in [-0.2, 0) is 12.8 Å². The first kappa shape index (κ1) is 10.9. The second kappa shape index (κ2) is 4.21. The van der Waals surface area contributed by atoms with Crippen molar-refractivity contribution in [3.8, 4) is 5.69 Å². The molecule has 0 saturated carbocycles. The van der Waals surface area contributed by atoms with Gasteiger partial charge in [0, 0.05) is 12.1 Å². The van der Waals surface area contributed by atoms with E-state index in [1.165, 1.54) is 12.1 Å². The van der Waals surface area contributed by atoms with Crippen LogP contribution in [0, 0.1) is 10.1 Å². The van der Waals surface area contributed by atoms with Crippen molar-refractivity contribution < 1.29 is 4.92 Å². The molecule has 1 aromatic heterocycles. The summed E-state index contributed by atoms with van der Waals surface area (Å²) in [7, 11) is 0. The highest BCUT2D eigenvalue weighted by atomic mass is 16.6. The molecule has 18 heavy (non-hydrogen) atoms. The largest absolute Gasteiger partial charge is 0.269 e. The zero-order valence-electron chi connectivity index (χ0n) is 9.74. The smallest absolute Gasteiger partial charge is 0.258 e. The van der Waals surface area contributed by atoms with E-state index < -0.39 is 4.92 Å². The van der Waals surface area contributed by atoms with E-state index in [-0.39, 0.29) is 5.69 Å². The van der Waals surface area contributed by atoms with Crippen molar-refractivity contribution in [2.45, 2.75) is 25.7 Å². The van der Waals surface area contributed by atoms with E-state index in [1.54, 1.807) is 16.9 Å². The van der Waals surface area contributed by atoms with Gasteiger partial charge >= 0.3 is 0 Å². The Labute approximate surface area is 103 Å². The second-order valence-electron chi connectivity index (χ2n) is 4.36. The fourth-order valence-electron chi connectivity index (χ4n) is 2.16. The first-order valence-corrected chi connectivity index (χ1v) is 5.94. The number of aryl methyl sites for hydroxylation is 2. The van der Waals surface area contributed by atoms with Gasteiger partial charge in [0.15, 0.2) is 0 Å². The van der Waals surface area contributed by atoms with Gasteiger partial charge in [-0.05, 0) is 37.8 Å². The van der Waals surface area contributed by atoms with Gasteiger partial charge in [-0.3, -0.25) is 10.1 Å². The number of hydrogen-bond acceptors (Lipinski definition) is 4. The zero-order valence-corrected chi connectivity index (χ0v) is 9.74. The van der Waals surface area contributed by atoms with Crippen LogP contribution in [0.15, 0.2) is 24.3 Å². The minimum Gasteiger partial charge on any atom is -0.258 e. The summed E-state index contributed by atoms with van der Waals surface area (Å²) in [6.45, 7) is 0. The first-order chi connectivity index (χ1) is 8.74. The van der Waals surface area contributed by atoms with Crippen molar-refractivity contribution in [1.82, 2.24) is 15.0 Å². The summed E-state index contributed by atoms with van der Waals surface area (Å²) in [5.41, 5.74) is 2.95. The molecule has 0 saturated heterocycles. The van der Waals surface area contributed by atoms with Gasteiger partial charge in [0.05, 0.1) is 22.0 Å². The molecule has 0 unspecified atom stereocenters. The highest BCUT2D eigenvalue weighted by Gasteiger charge is 2.16. The van der Waals surface area contributed by atoms with Crippen molar-refractivity contribution in [2.24, 2.45) is 0 Å². The molecule has 1 aliphatic carbocycles. The minimum atomic E-state index is -0.411. The average molecular weight is 244 g/mol. The minimum absolute atomic E-state index is 0.0793. The molecule has 3 rings (SSSR count). The molecule has 6 nitrogen and oxygen atoms in total. The molecule has 6 heteroatoms. The van der Waals surface area contributed by atoms with E-state index in [4.69, 9.17) is 0 Å². The fourth-order valence-corrected chi connectivity index (χ4v) is 2.16. The Morgan fingerprint density at radius 3 is 2.11 bits per heavy atom. The van der Waals surface area contributed by atoms with Gasteiger partial charge < -0.3 is 0 Å². The predicted octanol–water partition coefficient (Wildman–Crippen LogP) is 2.05. The van der Waals surface area contributed by atoms with Crippen LogP contribution in [0.2, 0.25) is 0 Å². The quantitative estimate of drug-likeness (QED) is 0.598. The monoisotopic (exact) mass is 244 g/mol. The fraction of sp³-hybridized carbons (Fsp3) is 0.333. The Bertz CT molecular complexity index is 565. The highest BCUT2D eigenvalue weighted by molar-refractivity contribution is 5.39. The zero-order chi connectivity index (χ0) is 12.5. The number of nitrogens with zero attached hydrogens (tertiary/aromatic N) is 4. The standard InChI is InChI=1S/C12H12N4O2/c17-16(18)10-7-5-9(6-8-10)15-13-11-3-1-2-4-12(11)14-15/h5-8H,1-4H2. The lowest BCUT2D eigenvalue weighted by Gasteiger charge is -2.04. The third kappa shape index (κ3) is 1.85. The predicted molar refractivity (Wildman–Crippen MR) is 64.7 cm³/mol. The first-order valence-electron chi connectivity index (χ1n) is 5.94. The molecule has 0 bridgehead atoms. The molecule has 2 aromatic rings. The summed E-state index contributed by atoms with van der Waals surface area (Å²) in [6.07, 6.45) is 4.27. The van der Waals surface area contributed by atoms with E-state index in [9.17, 15) is 10.1 Å². The Hall–Kier alpha value is -2.24. The van der Waals surface area contributed by atoms with Crippen LogP contribution >= 0.6 is 0 Å². The maximum Gasteiger partial charge on any atom is 0.269 e. The molecule has 0 atom stereocenters. The van der Waals surface area contributed by atoms with E-state index in [2.05, 4.69) is 10.2 Å². The number of benzene rings is 1. The van der Waals surface area contributed by atoms with E-state index >= 15 is 0 Å². The number of hydrogen-bond donors (Lipinski definition) is 0. The number of fused-ring (bicyclic) bond motifs is 1. The summed E-state index contributed by atoms with van der Waals surface area (Å²) in [4.78, 5) is 11.7. The number of nitro benzene ring substituents is 1. The van der Waals surface area contributed by atoms with Gasteiger partial charge in [-0.2, -0.15) is 15.0 Å². The van der Waals surface area contributed by atoms with Gasteiger partial charge in [0.2, 0.25) is 0 Å². The van der Waals surface area contributed by atoms with Gasteiger partial charge in [-0.25, -0.2) is 0 Å². The molecule has 92 valence electrons. The van der Waals surface area contributed by atoms with Gasteiger partial charge in [-0.15, -0.1) is 0 Å². The lowest BCUT2D eigenvalue weighted by molar-refractivity contribution is -0.384. The average Bonchev–Trinajstić information content (AvgIpc) is 2.82. The molecule has 1 aliphatic rings. The highest BCUT2D eigenvalue weighted by Crippen LogP contribution is 2.19. The number of rotatable bonds is 2. The van der Waals surface area contributed by atoms with Crippen LogP contribution in [0.3, 0.4) is 0 Å². The molecule has 0 fully saturated rings. The third-order valence-electron chi connectivity index (χ3n) is 3.13. The third-order valence-corrected chi connectivity index (χ3v) is 3.13. The normalized spacial score (nSPS) is 14.2. The molecule has 0 radical (unpaired) electrons. The van der Waals surface area contributed by atoms with E-state index in [0.717, 1.165) is 42.8 Å². The summed E-state index contributed by atoms with van der Waals surface area (Å²) >= 11 is 0. The SMILES string of the molecule is O=[N+]([O-])c1ccc(-n2nc3c(n2)CCCC3)cc1. The Kier molecular flexibility index (Phi) is 2.55. The van der Waals surface area contributed by atoms with Gasteiger partial charge in [0.1, 0.15) is 0 Å². The Morgan fingerprint density at radius 2 is 1.61 bits per heavy atom. The van der Waals surface area contributed by atoms with Crippen LogP contribution in [0.25, 0.3) is 5.69 Å². The molecular weight excluding hydrogens is 232 g/mol. The van der Waals surface area contributed by atoms with Crippen LogP contribution in [-0.4, -0.2) is 19.9 Å². The summed E-state index contributed by atoms with van der Waals surface area (Å²) in [5.74, 6) is 0. The lowest BCUT2D eigenvalue weighted by atomic mass is 10.0.